The van der Waals surface area contributed by atoms with Crippen LogP contribution in [0.2, 0.25) is 5.02 Å². The summed E-state index contributed by atoms with van der Waals surface area (Å²) < 4.78 is 13.2. The maximum atomic E-state index is 6.21. The van der Waals surface area contributed by atoms with Crippen LogP contribution in [-0.2, 0) is 0 Å². The minimum Gasteiger partial charge on any atom is -0.455 e. The van der Waals surface area contributed by atoms with Crippen LogP contribution in [0.5, 0.6) is 5.88 Å². The van der Waals surface area contributed by atoms with Crippen molar-refractivity contribution in [1.29, 1.82) is 0 Å². The van der Waals surface area contributed by atoms with Crippen molar-refractivity contribution in [3.8, 4) is 28.5 Å². The average molecular weight is 502 g/mol. The van der Waals surface area contributed by atoms with E-state index in [1.165, 1.54) is 11.8 Å². The van der Waals surface area contributed by atoms with E-state index in [1.54, 1.807) is 0 Å². The lowest BCUT2D eigenvalue weighted by Crippen LogP contribution is -2.16. The maximum absolute atomic E-state index is 6.21. The van der Waals surface area contributed by atoms with Gasteiger partial charge < -0.3 is 14.5 Å². The fraction of sp³-hybridized carbons (Fsp3) is 0.0952. The number of anilines is 1. The highest BCUT2D eigenvalue weighted by atomic mass is 79.9. The molecule has 0 fully saturated rings. The molecule has 150 valence electrons. The van der Waals surface area contributed by atoms with Crippen molar-refractivity contribution in [3.63, 3.8) is 0 Å². The first kappa shape index (κ1) is 19.4. The molecule has 2 aromatic heterocycles. The Bertz CT molecular complexity index is 1230. The Morgan fingerprint density at radius 1 is 1.07 bits per heavy atom. The molecule has 0 saturated carbocycles. The van der Waals surface area contributed by atoms with Crippen molar-refractivity contribution >= 4 is 45.0 Å². The molecule has 2 aromatic carbocycles. The van der Waals surface area contributed by atoms with Gasteiger partial charge in [-0.2, -0.15) is 4.98 Å². The van der Waals surface area contributed by atoms with Crippen molar-refractivity contribution in [1.82, 2.24) is 15.2 Å². The van der Waals surface area contributed by atoms with Gasteiger partial charge in [0.1, 0.15) is 5.76 Å². The van der Waals surface area contributed by atoms with Gasteiger partial charge in [-0.1, -0.05) is 39.3 Å². The van der Waals surface area contributed by atoms with Crippen LogP contribution in [0.4, 0.5) is 5.69 Å². The second-order valence-electron chi connectivity index (χ2n) is 6.49. The molecule has 0 bridgehead atoms. The van der Waals surface area contributed by atoms with Crippen LogP contribution in [0.25, 0.3) is 22.6 Å². The number of hydrogen-bond donors (Lipinski definition) is 1. The molecule has 0 aliphatic carbocycles. The smallest absolute Gasteiger partial charge is 0.247 e. The van der Waals surface area contributed by atoms with E-state index >= 15 is 0 Å². The largest absolute Gasteiger partial charge is 0.455 e. The standard InChI is InChI=1S/C21H14BrClN4O2S/c1-30-21-25-20-18(26-27-21)14-10-12(22)4-7-15(14)24-19(29-20)17-9-8-16(28-17)11-2-5-13(23)6-3-11/h2-10,19,24H,1H3. The van der Waals surface area contributed by atoms with Gasteiger partial charge in [0, 0.05) is 26.3 Å². The fourth-order valence-electron chi connectivity index (χ4n) is 3.15. The van der Waals surface area contributed by atoms with E-state index in [0.29, 0.717) is 27.5 Å². The van der Waals surface area contributed by atoms with E-state index in [9.17, 15) is 0 Å². The molecule has 0 amide bonds. The molecule has 1 unspecified atom stereocenters. The molecule has 3 heterocycles. The van der Waals surface area contributed by atoms with Crippen LogP contribution in [0.1, 0.15) is 12.0 Å². The van der Waals surface area contributed by atoms with E-state index in [0.717, 1.165) is 27.0 Å². The van der Waals surface area contributed by atoms with Crippen molar-refractivity contribution in [3.05, 3.63) is 69.9 Å². The fourth-order valence-corrected chi connectivity index (χ4v) is 3.93. The van der Waals surface area contributed by atoms with Gasteiger partial charge in [-0.3, -0.25) is 0 Å². The molecule has 1 aliphatic rings. The van der Waals surface area contributed by atoms with Gasteiger partial charge >= 0.3 is 0 Å². The Morgan fingerprint density at radius 2 is 1.90 bits per heavy atom. The minimum absolute atomic E-state index is 0.396. The number of furan rings is 1. The van der Waals surface area contributed by atoms with Crippen LogP contribution in [0.15, 0.2) is 68.6 Å². The van der Waals surface area contributed by atoms with Gasteiger partial charge in [0.15, 0.2) is 11.5 Å². The zero-order valence-electron chi connectivity index (χ0n) is 15.6. The van der Waals surface area contributed by atoms with Crippen LogP contribution >= 0.6 is 39.3 Å². The summed E-state index contributed by atoms with van der Waals surface area (Å²) in [7, 11) is 0. The number of nitrogens with one attached hydrogen (secondary N) is 1. The number of fused-ring (bicyclic) bond motifs is 3. The summed E-state index contributed by atoms with van der Waals surface area (Å²) in [6.45, 7) is 0. The summed E-state index contributed by atoms with van der Waals surface area (Å²) in [5.74, 6) is 1.73. The molecular weight excluding hydrogens is 488 g/mol. The molecule has 0 saturated heterocycles. The molecule has 30 heavy (non-hydrogen) atoms. The molecule has 0 radical (unpaired) electrons. The zero-order valence-corrected chi connectivity index (χ0v) is 18.8. The molecule has 0 spiro atoms. The number of rotatable bonds is 3. The Morgan fingerprint density at radius 3 is 2.70 bits per heavy atom. The lowest BCUT2D eigenvalue weighted by atomic mass is 10.1. The molecule has 1 atom stereocenters. The van der Waals surface area contributed by atoms with Gasteiger partial charge in [0.25, 0.3) is 0 Å². The van der Waals surface area contributed by atoms with Gasteiger partial charge in [-0.05, 0) is 60.9 Å². The van der Waals surface area contributed by atoms with E-state index < -0.39 is 6.23 Å². The quantitative estimate of drug-likeness (QED) is 0.324. The molecule has 4 aromatic rings. The Labute approximate surface area is 190 Å². The number of halogens is 2. The van der Waals surface area contributed by atoms with Crippen LogP contribution in [0, 0.1) is 0 Å². The first-order valence-corrected chi connectivity index (χ1v) is 11.4. The third kappa shape index (κ3) is 3.66. The first-order chi connectivity index (χ1) is 14.6. The predicted molar refractivity (Wildman–Crippen MR) is 121 cm³/mol. The van der Waals surface area contributed by atoms with Gasteiger partial charge in [-0.15, -0.1) is 10.2 Å². The lowest BCUT2D eigenvalue weighted by molar-refractivity contribution is 0.196. The van der Waals surface area contributed by atoms with Crippen molar-refractivity contribution in [2.75, 3.05) is 11.6 Å². The zero-order chi connectivity index (χ0) is 20.7. The van der Waals surface area contributed by atoms with E-state index in [1.807, 2.05) is 60.9 Å². The van der Waals surface area contributed by atoms with Crippen molar-refractivity contribution in [2.24, 2.45) is 0 Å². The molecule has 6 nitrogen and oxygen atoms in total. The summed E-state index contributed by atoms with van der Waals surface area (Å²) >= 11 is 10.9. The molecule has 1 N–H and O–H groups in total. The van der Waals surface area contributed by atoms with Gasteiger partial charge in [0.05, 0.1) is 0 Å². The molecular formula is C21H14BrClN4O2S. The summed E-state index contributed by atoms with van der Waals surface area (Å²) in [5, 5.41) is 13.1. The Hall–Kier alpha value is -2.55. The topological polar surface area (TPSA) is 73.1 Å². The summed E-state index contributed by atoms with van der Waals surface area (Å²) in [5.41, 5.74) is 3.19. The van der Waals surface area contributed by atoms with Crippen LogP contribution < -0.4 is 10.1 Å². The van der Waals surface area contributed by atoms with Crippen LogP contribution in [0.3, 0.4) is 0 Å². The second kappa shape index (κ2) is 7.94. The molecule has 9 heteroatoms. The SMILES string of the molecule is CSc1nnc2c(n1)OC(c1ccc(-c3ccc(Cl)cc3)o1)Nc1ccc(Br)cc1-2. The third-order valence-electron chi connectivity index (χ3n) is 4.58. The highest BCUT2D eigenvalue weighted by molar-refractivity contribution is 9.10. The van der Waals surface area contributed by atoms with Crippen molar-refractivity contribution < 1.29 is 9.15 Å². The second-order valence-corrected chi connectivity index (χ2v) is 8.62. The third-order valence-corrected chi connectivity index (χ3v) is 5.87. The highest BCUT2D eigenvalue weighted by Gasteiger charge is 2.28. The monoisotopic (exact) mass is 500 g/mol. The Balaban J connectivity index is 1.57. The average Bonchev–Trinajstić information content (AvgIpc) is 3.19. The number of hydrogen-bond acceptors (Lipinski definition) is 7. The van der Waals surface area contributed by atoms with Gasteiger partial charge in [-0.25, -0.2) is 0 Å². The number of thioether (sulfide) groups is 1. The first-order valence-electron chi connectivity index (χ1n) is 8.98. The van der Waals surface area contributed by atoms with E-state index in [2.05, 4.69) is 36.4 Å². The van der Waals surface area contributed by atoms with Crippen LogP contribution in [-0.4, -0.2) is 21.4 Å². The maximum Gasteiger partial charge on any atom is 0.247 e. The Kier molecular flexibility index (Phi) is 5.14. The summed E-state index contributed by atoms with van der Waals surface area (Å²) in [6.07, 6.45) is 1.31. The van der Waals surface area contributed by atoms with E-state index in [-0.39, 0.29) is 0 Å². The molecule has 1 aliphatic heterocycles. The number of benzene rings is 2. The number of aromatic nitrogens is 3. The van der Waals surface area contributed by atoms with Gasteiger partial charge in [0.2, 0.25) is 17.3 Å². The molecule has 5 rings (SSSR count). The number of nitrogens with zero attached hydrogens (tertiary/aromatic N) is 3. The summed E-state index contributed by atoms with van der Waals surface area (Å²) in [6, 6.07) is 17.1. The predicted octanol–water partition coefficient (Wildman–Crippen LogP) is 6.44. The highest BCUT2D eigenvalue weighted by Crippen LogP contribution is 2.41. The lowest BCUT2D eigenvalue weighted by Gasteiger charge is -2.16. The number of ether oxygens (including phenoxy) is 1. The summed E-state index contributed by atoms with van der Waals surface area (Å²) in [4.78, 5) is 4.53. The minimum atomic E-state index is -0.585. The van der Waals surface area contributed by atoms with Crippen molar-refractivity contribution in [2.45, 2.75) is 11.4 Å². The normalized spacial score (nSPS) is 14.8. The van der Waals surface area contributed by atoms with E-state index in [4.69, 9.17) is 20.8 Å².